The molecule has 0 saturated carbocycles. The Kier molecular flexibility index (Phi) is 5.46. The molecule has 0 aromatic heterocycles. The molecule has 2 aromatic carbocycles. The SMILES string of the molecule is O=C(NCCC(O)c1cccc(Cl)c1)c1ccc(F)c(F)c1. The lowest BCUT2D eigenvalue weighted by Gasteiger charge is -2.12. The molecule has 0 aliphatic carbocycles. The van der Waals surface area contributed by atoms with E-state index in [9.17, 15) is 18.7 Å². The van der Waals surface area contributed by atoms with Crippen molar-refractivity contribution in [3.05, 3.63) is 70.2 Å². The molecule has 0 saturated heterocycles. The highest BCUT2D eigenvalue weighted by molar-refractivity contribution is 6.30. The number of rotatable bonds is 5. The predicted octanol–water partition coefficient (Wildman–Crippen LogP) is 3.47. The Bertz CT molecular complexity index is 679. The molecule has 1 unspecified atom stereocenters. The Hall–Kier alpha value is -1.98. The van der Waals surface area contributed by atoms with Gasteiger partial charge in [-0.25, -0.2) is 8.78 Å². The molecule has 2 N–H and O–H groups in total. The number of carbonyl (C=O) groups is 1. The zero-order chi connectivity index (χ0) is 16.1. The lowest BCUT2D eigenvalue weighted by Crippen LogP contribution is -2.25. The summed E-state index contributed by atoms with van der Waals surface area (Å²) < 4.78 is 25.8. The molecule has 0 aliphatic rings. The average molecular weight is 326 g/mol. The maximum Gasteiger partial charge on any atom is 0.251 e. The molecule has 1 atom stereocenters. The van der Waals surface area contributed by atoms with E-state index in [1.807, 2.05) is 0 Å². The van der Waals surface area contributed by atoms with Gasteiger partial charge in [-0.15, -0.1) is 0 Å². The number of aliphatic hydroxyl groups is 1. The van der Waals surface area contributed by atoms with Crippen LogP contribution >= 0.6 is 11.6 Å². The standard InChI is InChI=1S/C16H14ClF2NO2/c17-12-3-1-2-10(8-12)15(21)6-7-20-16(22)11-4-5-13(18)14(19)9-11/h1-5,8-9,15,21H,6-7H2,(H,20,22). The van der Waals surface area contributed by atoms with E-state index in [0.29, 0.717) is 10.6 Å². The summed E-state index contributed by atoms with van der Waals surface area (Å²) in [5.41, 5.74) is 0.672. The number of aliphatic hydroxyl groups excluding tert-OH is 1. The van der Waals surface area contributed by atoms with Crippen molar-refractivity contribution < 1.29 is 18.7 Å². The van der Waals surface area contributed by atoms with Crippen molar-refractivity contribution in [2.75, 3.05) is 6.54 Å². The van der Waals surface area contributed by atoms with Gasteiger partial charge in [0.25, 0.3) is 5.91 Å². The zero-order valence-corrected chi connectivity index (χ0v) is 12.3. The van der Waals surface area contributed by atoms with Crippen LogP contribution in [-0.4, -0.2) is 17.6 Å². The van der Waals surface area contributed by atoms with Gasteiger partial charge in [-0.1, -0.05) is 23.7 Å². The zero-order valence-electron chi connectivity index (χ0n) is 11.5. The van der Waals surface area contributed by atoms with E-state index in [1.54, 1.807) is 24.3 Å². The first-order chi connectivity index (χ1) is 10.5. The summed E-state index contributed by atoms with van der Waals surface area (Å²) in [6.07, 6.45) is -0.501. The first kappa shape index (κ1) is 16.4. The molecule has 2 rings (SSSR count). The van der Waals surface area contributed by atoms with Crippen LogP contribution in [0.3, 0.4) is 0 Å². The van der Waals surface area contributed by atoms with E-state index in [4.69, 9.17) is 11.6 Å². The molecule has 0 aliphatic heterocycles. The molecule has 2 aromatic rings. The van der Waals surface area contributed by atoms with Gasteiger partial charge in [0.2, 0.25) is 0 Å². The molecule has 0 heterocycles. The van der Waals surface area contributed by atoms with Crippen molar-refractivity contribution in [3.8, 4) is 0 Å². The van der Waals surface area contributed by atoms with Crippen molar-refractivity contribution in [1.82, 2.24) is 5.32 Å². The van der Waals surface area contributed by atoms with Gasteiger partial charge < -0.3 is 10.4 Å². The number of amides is 1. The Labute approximate surface area is 131 Å². The minimum atomic E-state index is -1.08. The maximum atomic E-state index is 13.0. The number of carbonyl (C=O) groups excluding carboxylic acids is 1. The van der Waals surface area contributed by atoms with E-state index in [0.717, 1.165) is 12.1 Å². The predicted molar refractivity (Wildman–Crippen MR) is 79.7 cm³/mol. The quantitative estimate of drug-likeness (QED) is 0.884. The third-order valence-corrected chi connectivity index (χ3v) is 3.35. The van der Waals surface area contributed by atoms with Crippen molar-refractivity contribution in [2.24, 2.45) is 0 Å². The van der Waals surface area contributed by atoms with Gasteiger partial charge in [-0.2, -0.15) is 0 Å². The van der Waals surface area contributed by atoms with Gasteiger partial charge >= 0.3 is 0 Å². The highest BCUT2D eigenvalue weighted by Gasteiger charge is 2.11. The molecule has 3 nitrogen and oxygen atoms in total. The second-order valence-electron chi connectivity index (χ2n) is 4.74. The van der Waals surface area contributed by atoms with Crippen LogP contribution in [0.1, 0.15) is 28.4 Å². The summed E-state index contributed by atoms with van der Waals surface area (Å²) >= 11 is 5.83. The van der Waals surface area contributed by atoms with Crippen molar-refractivity contribution in [3.63, 3.8) is 0 Å². The van der Waals surface area contributed by atoms with E-state index in [-0.39, 0.29) is 18.5 Å². The Balaban J connectivity index is 1.87. The number of nitrogens with one attached hydrogen (secondary N) is 1. The van der Waals surface area contributed by atoms with Gasteiger partial charge in [-0.3, -0.25) is 4.79 Å². The largest absolute Gasteiger partial charge is 0.388 e. The topological polar surface area (TPSA) is 49.3 Å². The molecule has 0 radical (unpaired) electrons. The molecule has 0 bridgehead atoms. The third-order valence-electron chi connectivity index (χ3n) is 3.12. The molecule has 0 fully saturated rings. The minimum Gasteiger partial charge on any atom is -0.388 e. The average Bonchev–Trinajstić information content (AvgIpc) is 2.49. The number of benzene rings is 2. The van der Waals surface area contributed by atoms with Crippen molar-refractivity contribution >= 4 is 17.5 Å². The lowest BCUT2D eigenvalue weighted by molar-refractivity contribution is 0.0942. The Morgan fingerprint density at radius 1 is 1.18 bits per heavy atom. The third kappa shape index (κ3) is 4.26. The van der Waals surface area contributed by atoms with E-state index >= 15 is 0 Å². The fourth-order valence-corrected chi connectivity index (χ4v) is 2.14. The van der Waals surface area contributed by atoms with Crippen LogP contribution in [0.25, 0.3) is 0 Å². The van der Waals surface area contributed by atoms with Crippen LogP contribution < -0.4 is 5.32 Å². The number of hydrogen-bond donors (Lipinski definition) is 2. The van der Waals surface area contributed by atoms with Gasteiger partial charge in [-0.05, 0) is 42.3 Å². The molecular formula is C16H14ClF2NO2. The van der Waals surface area contributed by atoms with Gasteiger partial charge in [0.05, 0.1) is 6.10 Å². The van der Waals surface area contributed by atoms with Gasteiger partial charge in [0.1, 0.15) is 0 Å². The summed E-state index contributed by atoms with van der Waals surface area (Å²) in [6.45, 7) is 0.186. The highest BCUT2D eigenvalue weighted by Crippen LogP contribution is 2.19. The van der Waals surface area contributed by atoms with Gasteiger partial charge in [0, 0.05) is 17.1 Å². The van der Waals surface area contributed by atoms with E-state index in [1.165, 1.54) is 6.07 Å². The molecule has 6 heteroatoms. The minimum absolute atomic E-state index is 0.0242. The molecule has 22 heavy (non-hydrogen) atoms. The Morgan fingerprint density at radius 3 is 2.64 bits per heavy atom. The fourth-order valence-electron chi connectivity index (χ4n) is 1.94. The highest BCUT2D eigenvalue weighted by atomic mass is 35.5. The molecular weight excluding hydrogens is 312 g/mol. The van der Waals surface area contributed by atoms with Crippen molar-refractivity contribution in [2.45, 2.75) is 12.5 Å². The molecule has 0 spiro atoms. The summed E-state index contributed by atoms with van der Waals surface area (Å²) in [5, 5.41) is 13.0. The van der Waals surface area contributed by atoms with Crippen LogP contribution in [0.2, 0.25) is 5.02 Å². The second-order valence-corrected chi connectivity index (χ2v) is 5.18. The normalized spacial score (nSPS) is 12.0. The maximum absolute atomic E-state index is 13.0. The van der Waals surface area contributed by atoms with Crippen LogP contribution in [0.5, 0.6) is 0 Å². The van der Waals surface area contributed by atoms with E-state index < -0.39 is 23.6 Å². The Morgan fingerprint density at radius 2 is 1.95 bits per heavy atom. The summed E-state index contributed by atoms with van der Waals surface area (Å²) in [5.74, 6) is -2.61. The molecule has 116 valence electrons. The summed E-state index contributed by atoms with van der Waals surface area (Å²) in [7, 11) is 0. The monoisotopic (exact) mass is 325 g/mol. The number of hydrogen-bond acceptors (Lipinski definition) is 2. The summed E-state index contributed by atoms with van der Waals surface area (Å²) in [4.78, 5) is 11.8. The van der Waals surface area contributed by atoms with Crippen molar-refractivity contribution in [1.29, 1.82) is 0 Å². The first-order valence-electron chi connectivity index (χ1n) is 6.64. The molecule has 1 amide bonds. The number of halogens is 3. The fraction of sp³-hybridized carbons (Fsp3) is 0.188. The second kappa shape index (κ2) is 7.33. The lowest BCUT2D eigenvalue weighted by atomic mass is 10.1. The van der Waals surface area contributed by atoms with Crippen LogP contribution in [0.4, 0.5) is 8.78 Å². The van der Waals surface area contributed by atoms with E-state index in [2.05, 4.69) is 5.32 Å². The smallest absolute Gasteiger partial charge is 0.251 e. The van der Waals surface area contributed by atoms with Crippen LogP contribution in [0, 0.1) is 11.6 Å². The van der Waals surface area contributed by atoms with Gasteiger partial charge in [0.15, 0.2) is 11.6 Å². The van der Waals surface area contributed by atoms with Crippen LogP contribution in [0.15, 0.2) is 42.5 Å². The first-order valence-corrected chi connectivity index (χ1v) is 7.02. The van der Waals surface area contributed by atoms with Crippen LogP contribution in [-0.2, 0) is 0 Å². The summed E-state index contributed by atoms with van der Waals surface area (Å²) in [6, 6.07) is 9.71.